The zero-order chi connectivity index (χ0) is 20.4. The van der Waals surface area contributed by atoms with Gasteiger partial charge < -0.3 is 15.2 Å². The third kappa shape index (κ3) is 4.63. The van der Waals surface area contributed by atoms with Gasteiger partial charge in [-0.2, -0.15) is 0 Å². The van der Waals surface area contributed by atoms with Crippen LogP contribution in [0.3, 0.4) is 0 Å². The number of hydrogen-bond acceptors (Lipinski definition) is 3. The SMILES string of the molecule is COc1ccc(C(C)C(=O)NC2(C(=O)O)CCC(C(C)(C)C)CC2)c(C)c1. The monoisotopic (exact) mass is 375 g/mol. The quantitative estimate of drug-likeness (QED) is 0.805. The zero-order valence-electron chi connectivity index (χ0n) is 17.4. The van der Waals surface area contributed by atoms with Crippen LogP contribution in [0.1, 0.15) is 70.4 Å². The van der Waals surface area contributed by atoms with Crippen LogP contribution >= 0.6 is 0 Å². The predicted octanol–water partition coefficient (Wildman–Crippen LogP) is 4.28. The summed E-state index contributed by atoms with van der Waals surface area (Å²) in [5, 5.41) is 12.8. The molecular weight excluding hydrogens is 342 g/mol. The van der Waals surface area contributed by atoms with Crippen LogP contribution in [-0.4, -0.2) is 29.6 Å². The van der Waals surface area contributed by atoms with Crippen LogP contribution in [0.15, 0.2) is 18.2 Å². The molecule has 1 aromatic carbocycles. The van der Waals surface area contributed by atoms with Crippen molar-refractivity contribution in [1.82, 2.24) is 5.32 Å². The molecule has 1 amide bonds. The van der Waals surface area contributed by atoms with Crippen LogP contribution in [0.5, 0.6) is 5.75 Å². The zero-order valence-corrected chi connectivity index (χ0v) is 17.4. The third-order valence-corrected chi connectivity index (χ3v) is 6.17. The van der Waals surface area contributed by atoms with Gasteiger partial charge in [-0.15, -0.1) is 0 Å². The molecule has 5 heteroatoms. The van der Waals surface area contributed by atoms with Crippen molar-refractivity contribution in [1.29, 1.82) is 0 Å². The van der Waals surface area contributed by atoms with Crippen LogP contribution in [0.25, 0.3) is 0 Å². The van der Waals surface area contributed by atoms with Crippen LogP contribution in [-0.2, 0) is 9.59 Å². The minimum Gasteiger partial charge on any atom is -0.497 e. The minimum atomic E-state index is -1.16. The summed E-state index contributed by atoms with van der Waals surface area (Å²) >= 11 is 0. The summed E-state index contributed by atoms with van der Waals surface area (Å²) in [7, 11) is 1.61. The number of aryl methyl sites for hydroxylation is 1. The van der Waals surface area contributed by atoms with Crippen LogP contribution in [0.2, 0.25) is 0 Å². The maximum atomic E-state index is 12.9. The van der Waals surface area contributed by atoms with Crippen molar-refractivity contribution in [2.75, 3.05) is 7.11 Å². The van der Waals surface area contributed by atoms with Crippen LogP contribution < -0.4 is 10.1 Å². The predicted molar refractivity (Wildman–Crippen MR) is 106 cm³/mol. The second kappa shape index (κ2) is 7.91. The first-order valence-electron chi connectivity index (χ1n) is 9.70. The van der Waals surface area contributed by atoms with Crippen molar-refractivity contribution in [3.63, 3.8) is 0 Å². The third-order valence-electron chi connectivity index (χ3n) is 6.17. The van der Waals surface area contributed by atoms with Gasteiger partial charge in [0.1, 0.15) is 11.3 Å². The van der Waals surface area contributed by atoms with Crippen molar-refractivity contribution in [2.24, 2.45) is 11.3 Å². The van der Waals surface area contributed by atoms with E-state index in [2.05, 4.69) is 26.1 Å². The highest BCUT2D eigenvalue weighted by molar-refractivity contribution is 5.90. The van der Waals surface area contributed by atoms with E-state index in [1.54, 1.807) is 7.11 Å². The van der Waals surface area contributed by atoms with Gasteiger partial charge in [0, 0.05) is 0 Å². The number of carboxylic acids is 1. The fraction of sp³-hybridized carbons (Fsp3) is 0.636. The van der Waals surface area contributed by atoms with Crippen molar-refractivity contribution >= 4 is 11.9 Å². The van der Waals surface area contributed by atoms with E-state index in [4.69, 9.17) is 4.74 Å². The minimum absolute atomic E-state index is 0.155. The number of hydrogen-bond donors (Lipinski definition) is 2. The molecule has 1 aromatic rings. The Hall–Kier alpha value is -2.04. The molecule has 1 atom stereocenters. The lowest BCUT2D eigenvalue weighted by Crippen LogP contribution is -2.57. The number of carbonyl (C=O) groups excluding carboxylic acids is 1. The molecule has 0 radical (unpaired) electrons. The number of aliphatic carboxylic acids is 1. The van der Waals surface area contributed by atoms with Gasteiger partial charge >= 0.3 is 5.97 Å². The fourth-order valence-electron chi connectivity index (χ4n) is 4.12. The van der Waals surface area contributed by atoms with Crippen LogP contribution in [0.4, 0.5) is 0 Å². The van der Waals surface area contributed by atoms with Gasteiger partial charge in [-0.1, -0.05) is 26.8 Å². The Morgan fingerprint density at radius 1 is 1.26 bits per heavy atom. The molecule has 0 spiro atoms. The normalized spacial score (nSPS) is 24.1. The molecule has 2 N–H and O–H groups in total. The van der Waals surface area contributed by atoms with Gasteiger partial charge in [-0.25, -0.2) is 4.79 Å². The molecule has 1 aliphatic rings. The molecule has 0 saturated heterocycles. The van der Waals surface area contributed by atoms with Gasteiger partial charge in [-0.3, -0.25) is 4.79 Å². The van der Waals surface area contributed by atoms with E-state index in [-0.39, 0.29) is 11.3 Å². The summed E-state index contributed by atoms with van der Waals surface area (Å²) in [6, 6.07) is 5.59. The summed E-state index contributed by atoms with van der Waals surface area (Å²) in [5.41, 5.74) is 0.838. The Kier molecular flexibility index (Phi) is 6.23. The fourth-order valence-corrected chi connectivity index (χ4v) is 4.12. The maximum Gasteiger partial charge on any atom is 0.329 e. The molecule has 0 aliphatic heterocycles. The molecule has 0 heterocycles. The molecular formula is C22H33NO4. The Morgan fingerprint density at radius 3 is 2.30 bits per heavy atom. The van der Waals surface area contributed by atoms with Gasteiger partial charge in [0.25, 0.3) is 0 Å². The first-order valence-corrected chi connectivity index (χ1v) is 9.70. The smallest absolute Gasteiger partial charge is 0.329 e. The van der Waals surface area contributed by atoms with E-state index < -0.39 is 17.4 Å². The molecule has 0 aromatic heterocycles. The molecule has 150 valence electrons. The number of carbonyl (C=O) groups is 2. The summed E-state index contributed by atoms with van der Waals surface area (Å²) in [4.78, 5) is 24.9. The molecule has 2 rings (SSSR count). The van der Waals surface area contributed by atoms with Gasteiger partial charge in [0.15, 0.2) is 0 Å². The lowest BCUT2D eigenvalue weighted by Gasteiger charge is -2.42. The van der Waals surface area contributed by atoms with Gasteiger partial charge in [0.05, 0.1) is 13.0 Å². The van der Waals surface area contributed by atoms with E-state index >= 15 is 0 Å². The number of benzene rings is 1. The van der Waals surface area contributed by atoms with E-state index in [9.17, 15) is 14.7 Å². The summed E-state index contributed by atoms with van der Waals surface area (Å²) in [5.74, 6) is -0.372. The highest BCUT2D eigenvalue weighted by Gasteiger charge is 2.45. The van der Waals surface area contributed by atoms with Crippen molar-refractivity contribution in [2.45, 2.75) is 71.8 Å². The standard InChI is InChI=1S/C22H33NO4/c1-14-13-17(27-6)7-8-18(14)15(2)19(24)23-22(20(25)26)11-9-16(10-12-22)21(3,4)5/h7-8,13,15-16H,9-12H2,1-6H3,(H,23,24)(H,25,26). The van der Waals surface area contributed by atoms with E-state index in [1.807, 2.05) is 32.0 Å². The lowest BCUT2D eigenvalue weighted by atomic mass is 9.67. The number of amides is 1. The maximum absolute atomic E-state index is 12.9. The molecule has 1 saturated carbocycles. The summed E-state index contributed by atoms with van der Waals surface area (Å²) in [6.07, 6.45) is 2.58. The average molecular weight is 376 g/mol. The van der Waals surface area contributed by atoms with Crippen molar-refractivity contribution < 1.29 is 19.4 Å². The Labute approximate surface area is 162 Å². The summed E-state index contributed by atoms with van der Waals surface area (Å²) < 4.78 is 5.22. The number of nitrogens with one attached hydrogen (secondary N) is 1. The molecule has 1 aliphatic carbocycles. The molecule has 1 unspecified atom stereocenters. The van der Waals surface area contributed by atoms with Gasteiger partial charge in [-0.05, 0) is 74.1 Å². The highest BCUT2D eigenvalue weighted by atomic mass is 16.5. The first-order chi connectivity index (χ1) is 12.5. The molecule has 27 heavy (non-hydrogen) atoms. The largest absolute Gasteiger partial charge is 0.497 e. The molecule has 0 bridgehead atoms. The Bertz CT molecular complexity index is 697. The Balaban J connectivity index is 2.15. The molecule has 5 nitrogen and oxygen atoms in total. The number of ether oxygens (including phenoxy) is 1. The van der Waals surface area contributed by atoms with Gasteiger partial charge in [0.2, 0.25) is 5.91 Å². The number of methoxy groups -OCH3 is 1. The lowest BCUT2D eigenvalue weighted by molar-refractivity contribution is -0.150. The van der Waals surface area contributed by atoms with E-state index in [0.29, 0.717) is 18.8 Å². The van der Waals surface area contributed by atoms with Crippen molar-refractivity contribution in [3.8, 4) is 5.75 Å². The van der Waals surface area contributed by atoms with E-state index in [0.717, 1.165) is 29.7 Å². The van der Waals surface area contributed by atoms with E-state index in [1.165, 1.54) is 0 Å². The molecule has 1 fully saturated rings. The number of rotatable bonds is 5. The average Bonchev–Trinajstić information content (AvgIpc) is 2.60. The Morgan fingerprint density at radius 2 is 1.85 bits per heavy atom. The highest BCUT2D eigenvalue weighted by Crippen LogP contribution is 2.42. The number of carboxylic acid groups (broad SMARTS) is 1. The first kappa shape index (κ1) is 21.3. The second-order valence-electron chi connectivity index (χ2n) is 8.96. The van der Waals surface area contributed by atoms with Crippen molar-refractivity contribution in [3.05, 3.63) is 29.3 Å². The second-order valence-corrected chi connectivity index (χ2v) is 8.96. The summed E-state index contributed by atoms with van der Waals surface area (Å²) in [6.45, 7) is 10.3. The topological polar surface area (TPSA) is 75.6 Å². The van der Waals surface area contributed by atoms with Crippen LogP contribution in [0, 0.1) is 18.3 Å².